The van der Waals surface area contributed by atoms with Crippen molar-refractivity contribution in [2.45, 2.75) is 25.7 Å². The van der Waals surface area contributed by atoms with Crippen molar-refractivity contribution in [3.8, 4) is 6.07 Å². The molecule has 0 bridgehead atoms. The molecule has 3 heteroatoms. The number of allylic oxidation sites excluding steroid dienone is 1. The highest BCUT2D eigenvalue weighted by Crippen LogP contribution is 2.27. The molecule has 12 heavy (non-hydrogen) atoms. The summed E-state index contributed by atoms with van der Waals surface area (Å²) in [6.45, 7) is 5.17. The van der Waals surface area contributed by atoms with E-state index in [2.05, 4.69) is 25.4 Å². The number of nitriles is 1. The van der Waals surface area contributed by atoms with Gasteiger partial charge >= 0.3 is 0 Å². The fraction of sp³-hybridized carbons (Fsp3) is 0.667. The number of nitrogens with zero attached hydrogens (tertiary/aromatic N) is 2. The van der Waals surface area contributed by atoms with E-state index in [-0.39, 0.29) is 0 Å². The molecule has 0 radical (unpaired) electrons. The van der Waals surface area contributed by atoms with Crippen molar-refractivity contribution in [1.29, 1.82) is 5.26 Å². The second-order valence-corrected chi connectivity index (χ2v) is 3.45. The Hall–Kier alpha value is -0.905. The lowest BCUT2D eigenvalue weighted by Crippen LogP contribution is -2.30. The maximum Gasteiger partial charge on any atom is 0.217 e. The number of hydrogen-bond donors (Lipinski definition) is 0. The first-order chi connectivity index (χ1) is 5.75. The predicted molar refractivity (Wildman–Crippen MR) is 52.0 cm³/mol. The van der Waals surface area contributed by atoms with E-state index < -0.39 is 0 Å². The molecule has 1 aliphatic rings. The molecule has 1 heterocycles. The third-order valence-electron chi connectivity index (χ3n) is 2.61. The summed E-state index contributed by atoms with van der Waals surface area (Å²) in [5, 5.41) is 8.46. The molecule has 64 valence electrons. The van der Waals surface area contributed by atoms with Gasteiger partial charge in [-0.15, -0.1) is 0 Å². The van der Waals surface area contributed by atoms with E-state index in [0.717, 1.165) is 13.0 Å². The highest BCUT2D eigenvalue weighted by molar-refractivity contribution is 6.05. The molecule has 0 aliphatic carbocycles. The van der Waals surface area contributed by atoms with Gasteiger partial charge in [0.1, 0.15) is 0 Å². The smallest absolute Gasteiger partial charge is 0.217 e. The SMILES string of the molecule is BN1CCCC(CCC#N)C1=C. The zero-order valence-corrected chi connectivity index (χ0v) is 7.71. The average molecular weight is 162 g/mol. The third-order valence-corrected chi connectivity index (χ3v) is 2.61. The van der Waals surface area contributed by atoms with Crippen LogP contribution in [0.15, 0.2) is 12.3 Å². The number of piperidine rings is 1. The quantitative estimate of drug-likeness (QED) is 0.567. The number of rotatable bonds is 2. The van der Waals surface area contributed by atoms with Crippen LogP contribution >= 0.6 is 0 Å². The Kier molecular flexibility index (Phi) is 3.22. The predicted octanol–water partition coefficient (Wildman–Crippen LogP) is 1.06. The Balaban J connectivity index is 2.42. The van der Waals surface area contributed by atoms with Crippen LogP contribution in [0.5, 0.6) is 0 Å². The van der Waals surface area contributed by atoms with Gasteiger partial charge in [-0.05, 0) is 30.9 Å². The molecule has 0 aromatic carbocycles. The minimum atomic E-state index is 0.559. The highest BCUT2D eigenvalue weighted by atomic mass is 15.0. The monoisotopic (exact) mass is 162 g/mol. The van der Waals surface area contributed by atoms with Gasteiger partial charge in [0.05, 0.1) is 6.07 Å². The fourth-order valence-corrected chi connectivity index (χ4v) is 1.75. The molecule has 0 aromatic rings. The van der Waals surface area contributed by atoms with Gasteiger partial charge in [-0.2, -0.15) is 5.26 Å². The van der Waals surface area contributed by atoms with Crippen LogP contribution in [-0.4, -0.2) is 19.3 Å². The third kappa shape index (κ3) is 2.04. The van der Waals surface area contributed by atoms with Crippen molar-refractivity contribution in [2.24, 2.45) is 5.92 Å². The van der Waals surface area contributed by atoms with E-state index in [1.807, 2.05) is 0 Å². The molecule has 0 aromatic heterocycles. The summed E-state index contributed by atoms with van der Waals surface area (Å²) in [7, 11) is 2.08. The van der Waals surface area contributed by atoms with Gasteiger partial charge in [-0.3, -0.25) is 0 Å². The van der Waals surface area contributed by atoms with Gasteiger partial charge in [0.15, 0.2) is 0 Å². The summed E-state index contributed by atoms with van der Waals surface area (Å²) in [6.07, 6.45) is 4.10. The van der Waals surface area contributed by atoms with E-state index in [1.54, 1.807) is 0 Å². The van der Waals surface area contributed by atoms with Crippen LogP contribution in [0.1, 0.15) is 25.7 Å². The summed E-state index contributed by atoms with van der Waals surface area (Å²) in [5.41, 5.74) is 1.22. The molecule has 1 rings (SSSR count). The van der Waals surface area contributed by atoms with Crippen molar-refractivity contribution in [2.75, 3.05) is 6.54 Å². The molecule has 2 nitrogen and oxygen atoms in total. The topological polar surface area (TPSA) is 27.0 Å². The largest absolute Gasteiger partial charge is 0.425 e. The molecule has 0 N–H and O–H groups in total. The molecule has 1 saturated heterocycles. The van der Waals surface area contributed by atoms with E-state index in [9.17, 15) is 0 Å². The first-order valence-electron chi connectivity index (χ1n) is 4.52. The Morgan fingerprint density at radius 1 is 1.75 bits per heavy atom. The van der Waals surface area contributed by atoms with Crippen molar-refractivity contribution < 1.29 is 0 Å². The Morgan fingerprint density at radius 3 is 3.17 bits per heavy atom. The van der Waals surface area contributed by atoms with Crippen molar-refractivity contribution in [3.63, 3.8) is 0 Å². The van der Waals surface area contributed by atoms with Gasteiger partial charge in [0, 0.05) is 13.0 Å². The van der Waals surface area contributed by atoms with Gasteiger partial charge in [0.25, 0.3) is 0 Å². The van der Waals surface area contributed by atoms with Crippen LogP contribution < -0.4 is 0 Å². The molecular formula is C9H15BN2. The molecule has 1 unspecified atom stereocenters. The van der Waals surface area contributed by atoms with E-state index in [1.165, 1.54) is 18.5 Å². The summed E-state index contributed by atoms with van der Waals surface area (Å²) >= 11 is 0. The second kappa shape index (κ2) is 4.20. The molecule has 1 aliphatic heterocycles. The lowest BCUT2D eigenvalue weighted by Gasteiger charge is -2.34. The van der Waals surface area contributed by atoms with Gasteiger partial charge in [-0.25, -0.2) is 0 Å². The second-order valence-electron chi connectivity index (χ2n) is 3.45. The number of hydrogen-bond acceptors (Lipinski definition) is 2. The van der Waals surface area contributed by atoms with Gasteiger partial charge < -0.3 is 4.81 Å². The van der Waals surface area contributed by atoms with Crippen LogP contribution in [0.2, 0.25) is 0 Å². The Morgan fingerprint density at radius 2 is 2.50 bits per heavy atom. The zero-order valence-electron chi connectivity index (χ0n) is 7.71. The molecule has 1 atom stereocenters. The standard InChI is InChI=1S/C9H15BN2/c1-8-9(4-2-6-11)5-3-7-12(8)10/h9H,1-5,7,10H2. The van der Waals surface area contributed by atoms with E-state index in [0.29, 0.717) is 12.3 Å². The van der Waals surface area contributed by atoms with Crippen LogP contribution in [0.3, 0.4) is 0 Å². The van der Waals surface area contributed by atoms with Crippen molar-refractivity contribution in [1.82, 2.24) is 4.81 Å². The van der Waals surface area contributed by atoms with Crippen LogP contribution in [-0.2, 0) is 0 Å². The van der Waals surface area contributed by atoms with Crippen LogP contribution in [0.25, 0.3) is 0 Å². The molecule has 1 fully saturated rings. The van der Waals surface area contributed by atoms with Crippen molar-refractivity contribution >= 4 is 7.98 Å². The van der Waals surface area contributed by atoms with Crippen molar-refractivity contribution in [3.05, 3.63) is 12.3 Å². The maximum absolute atomic E-state index is 8.46. The first kappa shape index (κ1) is 9.19. The van der Waals surface area contributed by atoms with Crippen LogP contribution in [0.4, 0.5) is 0 Å². The Bertz CT molecular complexity index is 207. The zero-order chi connectivity index (χ0) is 8.97. The summed E-state index contributed by atoms with van der Waals surface area (Å²) in [4.78, 5) is 2.21. The summed E-state index contributed by atoms with van der Waals surface area (Å²) in [5.74, 6) is 0.559. The summed E-state index contributed by atoms with van der Waals surface area (Å²) < 4.78 is 0. The van der Waals surface area contributed by atoms with Gasteiger partial charge in [0.2, 0.25) is 7.98 Å². The maximum atomic E-state index is 8.46. The van der Waals surface area contributed by atoms with E-state index in [4.69, 9.17) is 5.26 Å². The van der Waals surface area contributed by atoms with Crippen LogP contribution in [0, 0.1) is 17.2 Å². The molecule has 0 saturated carbocycles. The minimum absolute atomic E-state index is 0.559. The lowest BCUT2D eigenvalue weighted by atomic mass is 9.89. The van der Waals surface area contributed by atoms with E-state index >= 15 is 0 Å². The first-order valence-corrected chi connectivity index (χ1v) is 4.52. The van der Waals surface area contributed by atoms with Gasteiger partial charge in [-0.1, -0.05) is 6.58 Å². The molecule has 0 spiro atoms. The normalized spacial score (nSPS) is 23.8. The Labute approximate surface area is 75.3 Å². The highest BCUT2D eigenvalue weighted by Gasteiger charge is 2.19. The lowest BCUT2D eigenvalue weighted by molar-refractivity contribution is 0.338. The average Bonchev–Trinajstić information content (AvgIpc) is 2.08. The molecular weight excluding hydrogens is 147 g/mol. The summed E-state index contributed by atoms with van der Waals surface area (Å²) in [6, 6.07) is 2.19. The molecule has 0 amide bonds. The fourth-order valence-electron chi connectivity index (χ4n) is 1.75. The minimum Gasteiger partial charge on any atom is -0.425 e.